The van der Waals surface area contributed by atoms with E-state index in [0.29, 0.717) is 5.52 Å². The number of esters is 2. The predicted octanol–water partition coefficient (Wildman–Crippen LogP) is 2.93. The van der Waals surface area contributed by atoms with Crippen LogP contribution in [-0.4, -0.2) is 35.1 Å². The zero-order chi connectivity index (χ0) is 22.5. The van der Waals surface area contributed by atoms with Gasteiger partial charge in [0.15, 0.2) is 11.7 Å². The highest BCUT2D eigenvalue weighted by molar-refractivity contribution is 6.03. The Morgan fingerprint density at radius 2 is 1.84 bits per heavy atom. The first-order valence-electron chi connectivity index (χ1n) is 9.80. The van der Waals surface area contributed by atoms with Crippen molar-refractivity contribution in [3.8, 4) is 5.75 Å². The number of aromatic nitrogens is 1. The zero-order valence-corrected chi connectivity index (χ0v) is 17.1. The van der Waals surface area contributed by atoms with Gasteiger partial charge >= 0.3 is 18.1 Å². The van der Waals surface area contributed by atoms with E-state index < -0.39 is 41.0 Å². The minimum atomic E-state index is -1.62. The molecule has 0 amide bonds. The second-order valence-corrected chi connectivity index (χ2v) is 7.81. The lowest BCUT2D eigenvalue weighted by atomic mass is 9.95. The quantitative estimate of drug-likeness (QED) is 0.535. The fraction of sp³-hybridized carbons (Fsp3) is 0.429. The van der Waals surface area contributed by atoms with Gasteiger partial charge in [-0.3, -0.25) is 14.4 Å². The molecule has 0 unspecified atom stereocenters. The molecular weight excluding hydrogens is 413 g/mol. The van der Waals surface area contributed by atoms with Crippen LogP contribution in [0.4, 0.5) is 9.18 Å². The molecule has 1 aliphatic heterocycles. The van der Waals surface area contributed by atoms with Crippen LogP contribution in [0.15, 0.2) is 23.1 Å². The van der Waals surface area contributed by atoms with Crippen LogP contribution in [-0.2, 0) is 23.8 Å². The van der Waals surface area contributed by atoms with Gasteiger partial charge in [0.2, 0.25) is 5.43 Å². The molecule has 9 nitrogen and oxygen atoms in total. The Kier molecular flexibility index (Phi) is 4.95. The van der Waals surface area contributed by atoms with Crippen molar-refractivity contribution in [3.05, 3.63) is 39.9 Å². The van der Waals surface area contributed by atoms with Gasteiger partial charge in [-0.15, -0.1) is 0 Å². The minimum absolute atomic E-state index is 0.00449. The zero-order valence-electron chi connectivity index (χ0n) is 17.1. The smallest absolute Gasteiger partial charge is 0.434 e. The van der Waals surface area contributed by atoms with E-state index in [1.807, 2.05) is 0 Å². The molecule has 0 atom stereocenters. The Labute approximate surface area is 175 Å². The van der Waals surface area contributed by atoms with Crippen molar-refractivity contribution in [3.63, 3.8) is 0 Å². The Morgan fingerprint density at radius 1 is 1.19 bits per heavy atom. The van der Waals surface area contributed by atoms with E-state index in [4.69, 9.17) is 18.9 Å². The summed E-state index contributed by atoms with van der Waals surface area (Å²) in [6.07, 6.45) is 1.89. The van der Waals surface area contributed by atoms with E-state index in [1.165, 1.54) is 26.1 Å². The maximum Gasteiger partial charge on any atom is 0.514 e. The number of halogens is 1. The van der Waals surface area contributed by atoms with Crippen LogP contribution in [0.3, 0.4) is 0 Å². The molecule has 1 aromatic heterocycles. The number of ether oxygens (including phenoxy) is 4. The van der Waals surface area contributed by atoms with E-state index in [2.05, 4.69) is 0 Å². The number of nitrogens with zero attached hydrogens (tertiary/aromatic N) is 1. The normalized spacial score (nSPS) is 18.5. The third-order valence-corrected chi connectivity index (χ3v) is 4.99. The van der Waals surface area contributed by atoms with Crippen molar-refractivity contribution in [2.24, 2.45) is 0 Å². The van der Waals surface area contributed by atoms with Crippen molar-refractivity contribution in [2.75, 3.05) is 6.61 Å². The van der Waals surface area contributed by atoms with Gasteiger partial charge < -0.3 is 23.5 Å². The first-order valence-corrected chi connectivity index (χ1v) is 9.80. The molecule has 1 saturated carbocycles. The summed E-state index contributed by atoms with van der Waals surface area (Å²) in [5.74, 6) is -6.21. The SMILES string of the molecule is CCOC(=O)Oc1cn(C2CC2)c2cc(C3C(=O)OC(C)(C)OC3=O)c(F)cc2c1=O. The number of hydrogen-bond donors (Lipinski definition) is 0. The summed E-state index contributed by atoms with van der Waals surface area (Å²) >= 11 is 0. The van der Waals surface area contributed by atoms with E-state index in [9.17, 15) is 23.6 Å². The monoisotopic (exact) mass is 433 g/mol. The number of benzene rings is 1. The number of pyridine rings is 1. The molecule has 0 spiro atoms. The summed E-state index contributed by atoms with van der Waals surface area (Å²) in [7, 11) is 0. The molecule has 31 heavy (non-hydrogen) atoms. The lowest BCUT2D eigenvalue weighted by Crippen LogP contribution is -2.45. The molecule has 0 bridgehead atoms. The summed E-state index contributed by atoms with van der Waals surface area (Å²) in [6, 6.07) is 2.18. The highest BCUT2D eigenvalue weighted by Crippen LogP contribution is 2.39. The fourth-order valence-electron chi connectivity index (χ4n) is 3.52. The van der Waals surface area contributed by atoms with Crippen molar-refractivity contribution in [1.29, 1.82) is 0 Å². The molecule has 164 valence electrons. The molecule has 1 aliphatic carbocycles. The molecule has 2 heterocycles. The van der Waals surface area contributed by atoms with Crippen molar-refractivity contribution >= 4 is 29.0 Å². The Bertz CT molecular complexity index is 1140. The van der Waals surface area contributed by atoms with Gasteiger partial charge in [0.1, 0.15) is 5.82 Å². The second-order valence-electron chi connectivity index (χ2n) is 7.81. The summed E-state index contributed by atoms with van der Waals surface area (Å²) < 4.78 is 36.5. The molecule has 10 heteroatoms. The molecule has 1 saturated heterocycles. The van der Waals surface area contributed by atoms with Gasteiger partial charge in [0.25, 0.3) is 5.79 Å². The highest BCUT2D eigenvalue weighted by atomic mass is 19.1. The average molecular weight is 433 g/mol. The number of rotatable bonds is 4. The number of cyclic esters (lactones) is 2. The van der Waals surface area contributed by atoms with Crippen LogP contribution in [0.25, 0.3) is 10.9 Å². The Balaban J connectivity index is 1.84. The Hall–Kier alpha value is -3.43. The second kappa shape index (κ2) is 7.36. The summed E-state index contributed by atoms with van der Waals surface area (Å²) in [5, 5.41) is -0.0622. The molecule has 1 aromatic carbocycles. The van der Waals surface area contributed by atoms with E-state index >= 15 is 0 Å². The summed E-state index contributed by atoms with van der Waals surface area (Å²) in [4.78, 5) is 49.3. The summed E-state index contributed by atoms with van der Waals surface area (Å²) in [6.45, 7) is 4.44. The third kappa shape index (κ3) is 3.85. The number of hydrogen-bond acceptors (Lipinski definition) is 8. The fourth-order valence-corrected chi connectivity index (χ4v) is 3.52. The van der Waals surface area contributed by atoms with Gasteiger partial charge in [-0.1, -0.05) is 0 Å². The van der Waals surface area contributed by atoms with Crippen LogP contribution >= 0.6 is 0 Å². The first-order chi connectivity index (χ1) is 14.6. The number of carbonyl (C=O) groups excluding carboxylic acids is 3. The number of fused-ring (bicyclic) bond motifs is 1. The largest absolute Gasteiger partial charge is 0.514 e. The lowest BCUT2D eigenvalue weighted by Gasteiger charge is -2.33. The van der Waals surface area contributed by atoms with Crippen LogP contribution < -0.4 is 10.2 Å². The van der Waals surface area contributed by atoms with Gasteiger partial charge in [0, 0.05) is 25.5 Å². The standard InChI is InChI=1S/C21H20FNO8/c1-4-28-20(27)29-15-9-23(10-5-6-10)14-8-11(13(22)7-12(14)17(15)24)16-18(25)30-21(2,3)31-19(16)26/h7-10,16H,4-6H2,1-3H3. The van der Waals surface area contributed by atoms with Gasteiger partial charge in [0.05, 0.1) is 23.7 Å². The van der Waals surface area contributed by atoms with Crippen LogP contribution in [0.1, 0.15) is 51.1 Å². The van der Waals surface area contributed by atoms with Crippen LogP contribution in [0.5, 0.6) is 5.75 Å². The maximum atomic E-state index is 15.0. The lowest BCUT2D eigenvalue weighted by molar-refractivity contribution is -0.234. The van der Waals surface area contributed by atoms with Crippen molar-refractivity contribution in [1.82, 2.24) is 4.57 Å². The molecule has 4 rings (SSSR count). The summed E-state index contributed by atoms with van der Waals surface area (Å²) in [5.41, 5.74) is -0.684. The topological polar surface area (TPSA) is 110 Å². The third-order valence-electron chi connectivity index (χ3n) is 4.99. The van der Waals surface area contributed by atoms with Crippen molar-refractivity contribution < 1.29 is 37.7 Å². The highest BCUT2D eigenvalue weighted by Gasteiger charge is 2.45. The van der Waals surface area contributed by atoms with Gasteiger partial charge in [-0.05, 0) is 31.9 Å². The maximum absolute atomic E-state index is 15.0. The van der Waals surface area contributed by atoms with Gasteiger partial charge in [-0.2, -0.15) is 0 Å². The first kappa shape index (κ1) is 20.8. The van der Waals surface area contributed by atoms with Crippen LogP contribution in [0, 0.1) is 5.82 Å². The average Bonchev–Trinajstić information content (AvgIpc) is 3.48. The molecular formula is C21H20FNO8. The minimum Gasteiger partial charge on any atom is -0.434 e. The molecule has 0 radical (unpaired) electrons. The van der Waals surface area contributed by atoms with Crippen molar-refractivity contribution in [2.45, 2.75) is 51.4 Å². The van der Waals surface area contributed by atoms with E-state index in [1.54, 1.807) is 11.5 Å². The molecule has 2 aliphatic rings. The van der Waals surface area contributed by atoms with E-state index in [-0.39, 0.29) is 29.3 Å². The molecule has 0 N–H and O–H groups in total. The Morgan fingerprint density at radius 3 is 2.42 bits per heavy atom. The van der Waals surface area contributed by atoms with Crippen LogP contribution in [0.2, 0.25) is 0 Å². The van der Waals surface area contributed by atoms with Gasteiger partial charge in [-0.25, -0.2) is 9.18 Å². The number of carbonyl (C=O) groups is 3. The molecule has 2 fully saturated rings. The predicted molar refractivity (Wildman–Crippen MR) is 103 cm³/mol. The van der Waals surface area contributed by atoms with E-state index in [0.717, 1.165) is 18.9 Å². The molecule has 2 aromatic rings.